The van der Waals surface area contributed by atoms with Crippen LogP contribution in [0.3, 0.4) is 0 Å². The molecule has 0 atom stereocenters. The zero-order valence-corrected chi connectivity index (χ0v) is 42.6. The second kappa shape index (κ2) is 20.1. The van der Waals surface area contributed by atoms with Gasteiger partial charge in [0.1, 0.15) is 58.9 Å². The van der Waals surface area contributed by atoms with Gasteiger partial charge in [0.15, 0.2) is 23.1 Å². The Morgan fingerprint density at radius 2 is 0.507 bits per heavy atom. The molecule has 0 aliphatic carbocycles. The molecule has 0 unspecified atom stereocenters. The number of ether oxygens (including phenoxy) is 14. The van der Waals surface area contributed by atoms with Crippen molar-refractivity contribution >= 4 is 35.8 Å². The van der Waals surface area contributed by atoms with Crippen LogP contribution in [0, 0.1) is 37.9 Å². The first-order valence-corrected chi connectivity index (χ1v) is 22.6. The molecular weight excluding hydrogens is 884 g/mol. The molecule has 0 aromatic heterocycles. The van der Waals surface area contributed by atoms with E-state index in [0.717, 1.165) is 0 Å². The summed E-state index contributed by atoms with van der Waals surface area (Å²) in [6.07, 6.45) is 0. The van der Waals surface area contributed by atoms with E-state index >= 15 is 0 Å². The molecule has 4 aliphatic rings. The van der Waals surface area contributed by atoms with Crippen molar-refractivity contribution in [1.82, 2.24) is 0 Å². The predicted octanol–water partition coefficient (Wildman–Crippen LogP) is 4.44. The van der Waals surface area contributed by atoms with Crippen molar-refractivity contribution in [2.75, 3.05) is 92.5 Å². The van der Waals surface area contributed by atoms with Crippen molar-refractivity contribution in [2.24, 2.45) is 37.9 Å². The van der Waals surface area contributed by atoms with E-state index < -0.39 is 123 Å². The molecule has 20 heteroatoms. The fourth-order valence-corrected chi connectivity index (χ4v) is 6.30. The van der Waals surface area contributed by atoms with Crippen molar-refractivity contribution in [3.05, 3.63) is 0 Å². The molecule has 0 radical (unpaired) electrons. The third-order valence-corrected chi connectivity index (χ3v) is 12.1. The van der Waals surface area contributed by atoms with Gasteiger partial charge in [-0.25, -0.2) is 0 Å². The highest BCUT2D eigenvalue weighted by atomic mass is 16.7. The molecule has 0 spiro atoms. The lowest BCUT2D eigenvalue weighted by Gasteiger charge is -2.41. The predicted molar refractivity (Wildman–Crippen MR) is 232 cm³/mol. The summed E-state index contributed by atoms with van der Waals surface area (Å²) in [5, 5.41) is 0. The Balaban J connectivity index is 1.45. The van der Waals surface area contributed by atoms with Gasteiger partial charge in [-0.3, -0.25) is 28.8 Å². The summed E-state index contributed by atoms with van der Waals surface area (Å²) in [6.45, 7) is 23.4. The van der Waals surface area contributed by atoms with E-state index in [9.17, 15) is 28.8 Å². The van der Waals surface area contributed by atoms with Crippen LogP contribution in [0.2, 0.25) is 0 Å². The highest BCUT2D eigenvalue weighted by Crippen LogP contribution is 2.37. The minimum absolute atomic E-state index is 0.00984. The standard InChI is InChI=1S/C47H76O20/c1-37(2,17-54-31(48)42(11,19-56-33(50)44(13)23-60-38(3,4)61-24-44)20-57-34(51)45(14)25-62-39(5,6)63-26-45)18-55-32(49)43(12,21-58-35(52)46(15)27-64-40(7,8)65-28-46)22-59-36(53)47(16)29-66-41(9,10)67-30-47/h17-30H2,1-16H3. The lowest BCUT2D eigenvalue weighted by molar-refractivity contribution is -0.283. The molecule has 0 N–H and O–H groups in total. The summed E-state index contributed by atoms with van der Waals surface area (Å²) >= 11 is 0. The zero-order chi connectivity index (χ0) is 50.8. The van der Waals surface area contributed by atoms with Gasteiger partial charge in [-0.15, -0.1) is 0 Å². The molecule has 4 rings (SSSR count). The summed E-state index contributed by atoms with van der Waals surface area (Å²) in [5.74, 6) is -8.23. The molecular formula is C47H76O20. The van der Waals surface area contributed by atoms with Gasteiger partial charge in [0.05, 0.1) is 66.1 Å². The molecule has 0 aromatic carbocycles. The fraction of sp³-hybridized carbons (Fsp3) is 0.872. The van der Waals surface area contributed by atoms with Gasteiger partial charge in [-0.2, -0.15) is 0 Å². The number of hydrogen-bond donors (Lipinski definition) is 0. The molecule has 0 aromatic rings. The molecule has 0 amide bonds. The highest BCUT2D eigenvalue weighted by Gasteiger charge is 2.51. The Labute approximate surface area is 394 Å². The summed E-state index contributed by atoms with van der Waals surface area (Å²) in [7, 11) is 0. The second-order valence-corrected chi connectivity index (χ2v) is 22.9. The van der Waals surface area contributed by atoms with Crippen molar-refractivity contribution < 1.29 is 95.1 Å². The molecule has 4 saturated heterocycles. The van der Waals surface area contributed by atoms with E-state index in [4.69, 9.17) is 66.3 Å². The van der Waals surface area contributed by atoms with Crippen molar-refractivity contribution in [3.63, 3.8) is 0 Å². The minimum Gasteiger partial charge on any atom is -0.464 e. The normalized spacial score (nSPS) is 23.6. The van der Waals surface area contributed by atoms with Crippen LogP contribution in [-0.2, 0) is 95.1 Å². The van der Waals surface area contributed by atoms with Crippen LogP contribution >= 0.6 is 0 Å². The number of carbonyl (C=O) groups is 6. The zero-order valence-electron chi connectivity index (χ0n) is 42.6. The molecule has 4 fully saturated rings. The quantitative estimate of drug-likeness (QED) is 0.136. The van der Waals surface area contributed by atoms with Crippen LogP contribution < -0.4 is 0 Å². The van der Waals surface area contributed by atoms with Gasteiger partial charge in [0, 0.05) is 5.41 Å². The Hall–Kier alpha value is -3.50. The summed E-state index contributed by atoms with van der Waals surface area (Å²) < 4.78 is 80.0. The van der Waals surface area contributed by atoms with E-state index in [-0.39, 0.29) is 66.1 Å². The summed E-state index contributed by atoms with van der Waals surface area (Å²) in [4.78, 5) is 81.9. The van der Waals surface area contributed by atoms with E-state index in [1.54, 1.807) is 96.9 Å². The smallest absolute Gasteiger partial charge is 0.318 e. The van der Waals surface area contributed by atoms with E-state index in [0.29, 0.717) is 0 Å². The molecule has 0 saturated carbocycles. The van der Waals surface area contributed by atoms with Crippen LogP contribution in [0.15, 0.2) is 0 Å². The SMILES string of the molecule is CC(C)(COC(=O)C(C)(COC(=O)C1(C)COC(C)(C)OC1)COC(=O)C1(C)COC(C)(C)OC1)COC(=O)C(C)(COC(=O)C1(C)COC(C)(C)OC1)COC(=O)C1(C)COC(C)(C)OC1. The maximum absolute atomic E-state index is 14.1. The summed E-state index contributed by atoms with van der Waals surface area (Å²) in [5.41, 5.74) is -9.33. The molecule has 4 heterocycles. The molecule has 20 nitrogen and oxygen atoms in total. The fourth-order valence-electron chi connectivity index (χ4n) is 6.30. The van der Waals surface area contributed by atoms with Crippen LogP contribution in [0.4, 0.5) is 0 Å². The monoisotopic (exact) mass is 960 g/mol. The maximum atomic E-state index is 14.1. The average Bonchev–Trinajstić information content (AvgIpc) is 3.25. The van der Waals surface area contributed by atoms with E-state index in [1.165, 1.54) is 13.8 Å². The van der Waals surface area contributed by atoms with Crippen LogP contribution in [0.25, 0.3) is 0 Å². The number of hydrogen-bond acceptors (Lipinski definition) is 20. The van der Waals surface area contributed by atoms with Gasteiger partial charge in [0.25, 0.3) is 0 Å². The number of esters is 6. The van der Waals surface area contributed by atoms with E-state index in [2.05, 4.69) is 0 Å². The van der Waals surface area contributed by atoms with Crippen LogP contribution in [-0.4, -0.2) is 151 Å². The third kappa shape index (κ3) is 14.8. The first kappa shape index (κ1) is 56.1. The third-order valence-electron chi connectivity index (χ3n) is 12.1. The average molecular weight is 961 g/mol. The van der Waals surface area contributed by atoms with Gasteiger partial charge >= 0.3 is 35.8 Å². The first-order chi connectivity index (χ1) is 30.4. The largest absolute Gasteiger partial charge is 0.464 e. The highest BCUT2D eigenvalue weighted by molar-refractivity contribution is 5.82. The number of carbonyl (C=O) groups excluding carboxylic acids is 6. The molecule has 4 aliphatic heterocycles. The van der Waals surface area contributed by atoms with Gasteiger partial charge in [0.2, 0.25) is 0 Å². The molecule has 384 valence electrons. The first-order valence-electron chi connectivity index (χ1n) is 22.6. The van der Waals surface area contributed by atoms with Crippen molar-refractivity contribution in [3.8, 4) is 0 Å². The molecule has 67 heavy (non-hydrogen) atoms. The summed E-state index contributed by atoms with van der Waals surface area (Å²) in [6, 6.07) is 0. The maximum Gasteiger partial charge on any atom is 0.318 e. The van der Waals surface area contributed by atoms with Crippen LogP contribution in [0.5, 0.6) is 0 Å². The minimum atomic E-state index is -1.73. The van der Waals surface area contributed by atoms with Gasteiger partial charge < -0.3 is 66.3 Å². The Kier molecular flexibility index (Phi) is 16.8. The van der Waals surface area contributed by atoms with E-state index in [1.807, 2.05) is 0 Å². The van der Waals surface area contributed by atoms with Crippen molar-refractivity contribution in [1.29, 1.82) is 0 Å². The Morgan fingerprint density at radius 3 is 0.687 bits per heavy atom. The topological polar surface area (TPSA) is 232 Å². The lowest BCUT2D eigenvalue weighted by Crippen LogP contribution is -2.52. The van der Waals surface area contributed by atoms with Gasteiger partial charge in [-0.1, -0.05) is 13.8 Å². The van der Waals surface area contributed by atoms with Crippen LogP contribution in [0.1, 0.15) is 111 Å². The second-order valence-electron chi connectivity index (χ2n) is 22.9. The Bertz CT molecular complexity index is 1560. The lowest BCUT2D eigenvalue weighted by atomic mass is 9.89. The number of rotatable bonds is 18. The van der Waals surface area contributed by atoms with Crippen molar-refractivity contribution in [2.45, 2.75) is 134 Å². The Morgan fingerprint density at radius 1 is 0.328 bits per heavy atom. The van der Waals surface area contributed by atoms with Gasteiger partial charge in [-0.05, 0) is 96.9 Å². The molecule has 0 bridgehead atoms.